The smallest absolute Gasteiger partial charge is 0.305 e. The van der Waals surface area contributed by atoms with Crippen molar-refractivity contribution >= 4 is 40.9 Å². The van der Waals surface area contributed by atoms with Crippen LogP contribution in [0.2, 0.25) is 5.02 Å². The third kappa shape index (κ3) is 5.47. The lowest BCUT2D eigenvalue weighted by atomic mass is 10.00. The molecule has 2 aromatic heterocycles. The van der Waals surface area contributed by atoms with Crippen LogP contribution in [-0.4, -0.2) is 22.5 Å². The number of carbonyl (C=O) groups is 1. The number of aromatic nitrogens is 2. The number of H-pyrrole nitrogens is 1. The van der Waals surface area contributed by atoms with E-state index in [1.807, 2.05) is 37.4 Å². The molecule has 0 aliphatic rings. The van der Waals surface area contributed by atoms with Gasteiger partial charge in [-0.1, -0.05) is 18.0 Å². The Labute approximate surface area is 170 Å². The number of unbranched alkanes of at least 4 members (excludes halogenated alkanes) is 2. The molecular formula is C21H24Cl2N2O2. The van der Waals surface area contributed by atoms with Crippen molar-refractivity contribution in [2.24, 2.45) is 0 Å². The van der Waals surface area contributed by atoms with Gasteiger partial charge in [0.15, 0.2) is 0 Å². The van der Waals surface area contributed by atoms with Crippen molar-refractivity contribution in [2.75, 3.05) is 6.61 Å². The molecule has 2 heterocycles. The summed E-state index contributed by atoms with van der Waals surface area (Å²) in [5.74, 6) is -0.109. The minimum atomic E-state index is -0.109. The van der Waals surface area contributed by atoms with Crippen LogP contribution in [0.5, 0.6) is 0 Å². The van der Waals surface area contributed by atoms with Gasteiger partial charge in [-0.3, -0.25) is 9.78 Å². The van der Waals surface area contributed by atoms with Crippen LogP contribution in [0.3, 0.4) is 0 Å². The molecule has 0 saturated heterocycles. The van der Waals surface area contributed by atoms with Crippen LogP contribution in [-0.2, 0) is 16.0 Å². The van der Waals surface area contributed by atoms with E-state index in [2.05, 4.69) is 16.0 Å². The zero-order valence-electron chi connectivity index (χ0n) is 15.3. The number of nitrogens with zero attached hydrogens (tertiary/aromatic N) is 1. The molecule has 1 N–H and O–H groups in total. The number of fused-ring (bicyclic) bond motifs is 1. The first-order chi connectivity index (χ1) is 12.7. The second-order valence-corrected chi connectivity index (χ2v) is 6.71. The number of ether oxygens (including phenoxy) is 1. The second-order valence-electron chi connectivity index (χ2n) is 6.28. The number of aromatic amines is 1. The molecule has 3 aromatic rings. The molecule has 0 amide bonds. The Morgan fingerprint density at radius 2 is 2.07 bits per heavy atom. The highest BCUT2D eigenvalue weighted by atomic mass is 35.5. The van der Waals surface area contributed by atoms with Gasteiger partial charge in [-0.05, 0) is 62.1 Å². The monoisotopic (exact) mass is 406 g/mol. The van der Waals surface area contributed by atoms with Crippen LogP contribution in [0.15, 0.2) is 42.7 Å². The highest BCUT2D eigenvalue weighted by Gasteiger charge is 2.13. The first-order valence-electron chi connectivity index (χ1n) is 9.05. The van der Waals surface area contributed by atoms with Crippen LogP contribution in [0.25, 0.3) is 22.2 Å². The Kier molecular flexibility index (Phi) is 8.14. The predicted octanol–water partition coefficient (Wildman–Crippen LogP) is 5.97. The Bertz CT molecular complexity index is 879. The molecule has 0 spiro atoms. The second kappa shape index (κ2) is 10.3. The number of esters is 1. The fraction of sp³-hybridized carbons (Fsp3) is 0.333. The number of hydrogen-bond donors (Lipinski definition) is 1. The minimum Gasteiger partial charge on any atom is -0.466 e. The maximum absolute atomic E-state index is 11.4. The van der Waals surface area contributed by atoms with Gasteiger partial charge in [0, 0.05) is 40.3 Å². The molecule has 0 saturated carbocycles. The van der Waals surface area contributed by atoms with E-state index in [4.69, 9.17) is 16.3 Å². The number of pyridine rings is 1. The molecule has 0 bridgehead atoms. The number of benzene rings is 1. The molecule has 27 heavy (non-hydrogen) atoms. The van der Waals surface area contributed by atoms with E-state index >= 15 is 0 Å². The van der Waals surface area contributed by atoms with Gasteiger partial charge < -0.3 is 9.72 Å². The van der Waals surface area contributed by atoms with Crippen molar-refractivity contribution in [3.8, 4) is 11.3 Å². The van der Waals surface area contributed by atoms with Gasteiger partial charge in [0.05, 0.1) is 12.3 Å². The summed E-state index contributed by atoms with van der Waals surface area (Å²) < 4.78 is 4.98. The Morgan fingerprint density at radius 1 is 1.22 bits per heavy atom. The fourth-order valence-electron chi connectivity index (χ4n) is 3.22. The lowest BCUT2D eigenvalue weighted by Gasteiger charge is -2.06. The zero-order chi connectivity index (χ0) is 18.4. The lowest BCUT2D eigenvalue weighted by molar-refractivity contribution is -0.143. The Balaban J connectivity index is 0.00000261. The van der Waals surface area contributed by atoms with Gasteiger partial charge in [-0.15, -0.1) is 12.4 Å². The normalized spacial score (nSPS) is 10.6. The number of halogens is 2. The molecule has 3 rings (SSSR count). The number of nitrogens with one attached hydrogen (secondary N) is 1. The quantitative estimate of drug-likeness (QED) is 0.370. The molecule has 0 fully saturated rings. The predicted molar refractivity (Wildman–Crippen MR) is 113 cm³/mol. The van der Waals surface area contributed by atoms with Crippen molar-refractivity contribution in [1.29, 1.82) is 0 Å². The third-order valence-electron chi connectivity index (χ3n) is 4.43. The van der Waals surface area contributed by atoms with Crippen molar-refractivity contribution in [2.45, 2.75) is 39.0 Å². The average Bonchev–Trinajstić information content (AvgIpc) is 3.00. The van der Waals surface area contributed by atoms with E-state index < -0.39 is 0 Å². The summed E-state index contributed by atoms with van der Waals surface area (Å²) in [5.41, 5.74) is 4.50. The topological polar surface area (TPSA) is 55.0 Å². The average molecular weight is 407 g/mol. The summed E-state index contributed by atoms with van der Waals surface area (Å²) >= 11 is 6.22. The number of hydrogen-bond acceptors (Lipinski definition) is 3. The number of rotatable bonds is 8. The van der Waals surface area contributed by atoms with E-state index in [1.54, 1.807) is 6.20 Å². The maximum atomic E-state index is 11.4. The van der Waals surface area contributed by atoms with Gasteiger partial charge in [-0.25, -0.2) is 0 Å². The van der Waals surface area contributed by atoms with E-state index in [0.717, 1.165) is 52.9 Å². The van der Waals surface area contributed by atoms with Crippen molar-refractivity contribution in [3.05, 3.63) is 53.3 Å². The van der Waals surface area contributed by atoms with Gasteiger partial charge in [-0.2, -0.15) is 0 Å². The SMILES string of the molecule is CCOC(=O)CCCCCc1c(-c2cccnc2)[nH]c2ccc(Cl)cc12.Cl. The summed E-state index contributed by atoms with van der Waals surface area (Å²) in [6.07, 6.45) is 7.90. The van der Waals surface area contributed by atoms with E-state index in [0.29, 0.717) is 13.0 Å². The molecule has 0 aliphatic carbocycles. The van der Waals surface area contributed by atoms with Gasteiger partial charge in [0.2, 0.25) is 0 Å². The van der Waals surface area contributed by atoms with Gasteiger partial charge >= 0.3 is 5.97 Å². The molecule has 0 radical (unpaired) electrons. The first kappa shape index (κ1) is 21.3. The molecule has 0 atom stereocenters. The molecular weight excluding hydrogens is 383 g/mol. The van der Waals surface area contributed by atoms with Crippen molar-refractivity contribution < 1.29 is 9.53 Å². The number of aryl methyl sites for hydroxylation is 1. The summed E-state index contributed by atoms with van der Waals surface area (Å²) in [5, 5.41) is 1.89. The first-order valence-corrected chi connectivity index (χ1v) is 9.43. The van der Waals surface area contributed by atoms with Crippen molar-refractivity contribution in [1.82, 2.24) is 9.97 Å². The highest BCUT2D eigenvalue weighted by molar-refractivity contribution is 6.31. The molecule has 144 valence electrons. The molecule has 1 aromatic carbocycles. The van der Waals surface area contributed by atoms with Crippen LogP contribution in [0.1, 0.15) is 38.2 Å². The molecule has 0 aliphatic heterocycles. The zero-order valence-corrected chi connectivity index (χ0v) is 16.9. The summed E-state index contributed by atoms with van der Waals surface area (Å²) in [6.45, 7) is 2.28. The summed E-state index contributed by atoms with van der Waals surface area (Å²) in [4.78, 5) is 19.2. The van der Waals surface area contributed by atoms with E-state index in [9.17, 15) is 4.79 Å². The van der Waals surface area contributed by atoms with Gasteiger partial charge in [0.1, 0.15) is 0 Å². The summed E-state index contributed by atoms with van der Waals surface area (Å²) in [6, 6.07) is 9.93. The van der Waals surface area contributed by atoms with Crippen LogP contribution >= 0.6 is 24.0 Å². The third-order valence-corrected chi connectivity index (χ3v) is 4.67. The highest BCUT2D eigenvalue weighted by Crippen LogP contribution is 2.32. The van der Waals surface area contributed by atoms with E-state index in [1.165, 1.54) is 5.56 Å². The van der Waals surface area contributed by atoms with Crippen molar-refractivity contribution in [3.63, 3.8) is 0 Å². The summed E-state index contributed by atoms with van der Waals surface area (Å²) in [7, 11) is 0. The van der Waals surface area contributed by atoms with Crippen LogP contribution < -0.4 is 0 Å². The fourth-order valence-corrected chi connectivity index (χ4v) is 3.39. The molecule has 6 heteroatoms. The minimum absolute atomic E-state index is 0. The largest absolute Gasteiger partial charge is 0.466 e. The standard InChI is InChI=1S/C21H23ClN2O2.ClH/c1-2-26-20(25)9-5-3-4-8-17-18-13-16(22)10-11-19(18)24-21(17)15-7-6-12-23-14-15;/h6-7,10-14,24H,2-5,8-9H2,1H3;1H. The van der Waals surface area contributed by atoms with Gasteiger partial charge in [0.25, 0.3) is 0 Å². The molecule has 0 unspecified atom stereocenters. The van der Waals surface area contributed by atoms with Crippen LogP contribution in [0, 0.1) is 0 Å². The lowest BCUT2D eigenvalue weighted by Crippen LogP contribution is -2.03. The Hall–Kier alpha value is -2.04. The molecule has 4 nitrogen and oxygen atoms in total. The Morgan fingerprint density at radius 3 is 2.81 bits per heavy atom. The maximum Gasteiger partial charge on any atom is 0.305 e. The number of carbonyl (C=O) groups excluding carboxylic acids is 1. The van der Waals surface area contributed by atoms with E-state index in [-0.39, 0.29) is 18.4 Å². The van der Waals surface area contributed by atoms with Crippen LogP contribution in [0.4, 0.5) is 0 Å².